The Kier molecular flexibility index (Phi) is 4.20. The summed E-state index contributed by atoms with van der Waals surface area (Å²) in [7, 11) is 0. The van der Waals surface area contributed by atoms with Gasteiger partial charge in [0.1, 0.15) is 0 Å². The van der Waals surface area contributed by atoms with Crippen LogP contribution in [0.15, 0.2) is 18.2 Å². The largest absolute Gasteiger partial charge is 0.334 e. The van der Waals surface area contributed by atoms with Crippen LogP contribution in [0.5, 0.6) is 0 Å². The van der Waals surface area contributed by atoms with Crippen molar-refractivity contribution in [1.29, 1.82) is 0 Å². The van der Waals surface area contributed by atoms with Crippen molar-refractivity contribution in [2.75, 3.05) is 11.9 Å². The molecule has 4 bridgehead atoms. The van der Waals surface area contributed by atoms with E-state index in [0.29, 0.717) is 12.2 Å². The lowest BCUT2D eigenvalue weighted by Crippen LogP contribution is -3.00. The Bertz CT molecular complexity index is 686. The van der Waals surface area contributed by atoms with Crippen molar-refractivity contribution in [2.45, 2.75) is 44.1 Å². The Labute approximate surface area is 151 Å². The smallest absolute Gasteiger partial charge is 0.279 e. The molecule has 0 heterocycles. The van der Waals surface area contributed by atoms with Gasteiger partial charge in [-0.15, -0.1) is 0 Å². The molecule has 0 aromatic heterocycles. The molecular formula is C18H23ClN3O3+. The number of benzene rings is 1. The standard InChI is InChI=1S/C18H22ClN3O3/c19-15-6-14(22(24)25)1-2-16(15)21-17(23)10-20-18-7-11-3-12(8-18)5-13(4-11)9-18/h1-2,6,11-13,20H,3-5,7-10H2,(H,21,23)/p+1. The van der Waals surface area contributed by atoms with Gasteiger partial charge in [0.15, 0.2) is 6.54 Å². The lowest BCUT2D eigenvalue weighted by atomic mass is 9.53. The molecule has 0 saturated heterocycles. The summed E-state index contributed by atoms with van der Waals surface area (Å²) in [4.78, 5) is 22.6. The van der Waals surface area contributed by atoms with Crippen LogP contribution in [0.2, 0.25) is 5.02 Å². The van der Waals surface area contributed by atoms with Gasteiger partial charge in [0.05, 0.1) is 21.2 Å². The predicted octanol–water partition coefficient (Wildman–Crippen LogP) is 2.72. The lowest BCUT2D eigenvalue weighted by molar-refractivity contribution is -0.729. The molecule has 5 rings (SSSR count). The van der Waals surface area contributed by atoms with Crippen molar-refractivity contribution in [3.63, 3.8) is 0 Å². The van der Waals surface area contributed by atoms with Gasteiger partial charge < -0.3 is 10.6 Å². The van der Waals surface area contributed by atoms with E-state index in [1.165, 1.54) is 56.7 Å². The number of nitrogens with one attached hydrogen (secondary N) is 1. The third-order valence-corrected chi connectivity index (χ3v) is 6.56. The van der Waals surface area contributed by atoms with E-state index in [1.54, 1.807) is 0 Å². The van der Waals surface area contributed by atoms with Crippen LogP contribution in [-0.4, -0.2) is 22.9 Å². The van der Waals surface area contributed by atoms with Crippen LogP contribution >= 0.6 is 11.6 Å². The van der Waals surface area contributed by atoms with Crippen LogP contribution in [0, 0.1) is 27.9 Å². The average Bonchev–Trinajstić information content (AvgIpc) is 2.53. The van der Waals surface area contributed by atoms with E-state index in [0.717, 1.165) is 17.8 Å². The van der Waals surface area contributed by atoms with E-state index < -0.39 is 4.92 Å². The molecule has 3 N–H and O–H groups in total. The maximum absolute atomic E-state index is 12.3. The van der Waals surface area contributed by atoms with E-state index in [2.05, 4.69) is 10.6 Å². The summed E-state index contributed by atoms with van der Waals surface area (Å²) in [6.07, 6.45) is 7.88. The number of halogens is 1. The summed E-state index contributed by atoms with van der Waals surface area (Å²) in [5, 5.41) is 16.0. The van der Waals surface area contributed by atoms with Crippen LogP contribution in [-0.2, 0) is 4.79 Å². The van der Waals surface area contributed by atoms with Crippen LogP contribution < -0.4 is 10.6 Å². The number of rotatable bonds is 5. The Hall–Kier alpha value is -1.66. The molecule has 1 aromatic rings. The van der Waals surface area contributed by atoms with Gasteiger partial charge in [-0.05, 0) is 43.1 Å². The molecule has 6 nitrogen and oxygen atoms in total. The van der Waals surface area contributed by atoms with Gasteiger partial charge in [-0.25, -0.2) is 0 Å². The minimum absolute atomic E-state index is 0.0804. The van der Waals surface area contributed by atoms with Crippen molar-refractivity contribution >= 4 is 28.9 Å². The number of anilines is 1. The van der Waals surface area contributed by atoms with Gasteiger partial charge in [0.2, 0.25) is 0 Å². The summed E-state index contributed by atoms with van der Waals surface area (Å²) < 4.78 is 0. The quantitative estimate of drug-likeness (QED) is 0.621. The highest BCUT2D eigenvalue weighted by atomic mass is 35.5. The fourth-order valence-electron chi connectivity index (χ4n) is 5.66. The van der Waals surface area contributed by atoms with Crippen molar-refractivity contribution < 1.29 is 15.0 Å². The second kappa shape index (κ2) is 6.25. The molecule has 0 atom stereocenters. The molecule has 1 aromatic carbocycles. The fraction of sp³-hybridized carbons (Fsp3) is 0.611. The molecule has 0 aliphatic heterocycles. The number of hydrogen-bond acceptors (Lipinski definition) is 3. The monoisotopic (exact) mass is 364 g/mol. The highest BCUT2D eigenvalue weighted by Gasteiger charge is 2.53. The number of amides is 1. The Morgan fingerprint density at radius 1 is 1.24 bits per heavy atom. The highest BCUT2D eigenvalue weighted by Crippen LogP contribution is 2.54. The number of nitro groups is 1. The second-order valence-electron chi connectivity index (χ2n) is 8.16. The van der Waals surface area contributed by atoms with Gasteiger partial charge in [0.25, 0.3) is 11.6 Å². The number of nitrogens with zero attached hydrogens (tertiary/aromatic N) is 1. The Morgan fingerprint density at radius 3 is 2.36 bits per heavy atom. The molecule has 0 unspecified atom stereocenters. The summed E-state index contributed by atoms with van der Waals surface area (Å²) in [5.41, 5.74) is 0.602. The fourth-order valence-corrected chi connectivity index (χ4v) is 5.88. The van der Waals surface area contributed by atoms with Crippen LogP contribution in [0.1, 0.15) is 38.5 Å². The molecule has 4 aliphatic carbocycles. The molecule has 4 fully saturated rings. The van der Waals surface area contributed by atoms with Gasteiger partial charge in [-0.2, -0.15) is 0 Å². The van der Waals surface area contributed by atoms with Gasteiger partial charge in [-0.3, -0.25) is 14.9 Å². The zero-order valence-electron chi connectivity index (χ0n) is 14.0. The van der Waals surface area contributed by atoms with Crippen molar-refractivity contribution in [3.8, 4) is 0 Å². The highest BCUT2D eigenvalue weighted by molar-refractivity contribution is 6.33. The number of nitrogens with two attached hydrogens (primary N) is 1. The second-order valence-corrected chi connectivity index (χ2v) is 8.56. The molecule has 4 saturated carbocycles. The maximum Gasteiger partial charge on any atom is 0.279 e. The van der Waals surface area contributed by atoms with E-state index >= 15 is 0 Å². The number of nitro benzene ring substituents is 1. The van der Waals surface area contributed by atoms with E-state index in [4.69, 9.17) is 11.6 Å². The van der Waals surface area contributed by atoms with Crippen LogP contribution in [0.25, 0.3) is 0 Å². The summed E-state index contributed by atoms with van der Waals surface area (Å²) >= 11 is 6.04. The van der Waals surface area contributed by atoms with Gasteiger partial charge >= 0.3 is 0 Å². The summed E-state index contributed by atoms with van der Waals surface area (Å²) in [6.45, 7) is 0.374. The minimum Gasteiger partial charge on any atom is -0.334 e. The third kappa shape index (κ3) is 3.37. The SMILES string of the molecule is O=C(C[NH2+]C12CC3CC(CC(C3)C1)C2)Nc1ccc([N+](=O)[O-])cc1Cl. The molecular weight excluding hydrogens is 342 g/mol. The summed E-state index contributed by atoms with van der Waals surface area (Å²) in [6, 6.07) is 4.10. The van der Waals surface area contributed by atoms with E-state index in [9.17, 15) is 14.9 Å². The lowest BCUT2D eigenvalue weighted by Gasteiger charge is -2.54. The number of carbonyl (C=O) groups is 1. The molecule has 0 radical (unpaired) electrons. The number of carbonyl (C=O) groups excluding carboxylic acids is 1. The molecule has 1 amide bonds. The van der Waals surface area contributed by atoms with Gasteiger partial charge in [0, 0.05) is 31.4 Å². The molecule has 25 heavy (non-hydrogen) atoms. The first-order valence-electron chi connectivity index (χ1n) is 9.01. The number of non-ortho nitro benzene ring substituents is 1. The first kappa shape index (κ1) is 16.8. The van der Waals surface area contributed by atoms with Crippen LogP contribution in [0.3, 0.4) is 0 Å². The molecule has 7 heteroatoms. The first-order chi connectivity index (χ1) is 11.9. The molecule has 4 aliphatic rings. The normalized spacial score (nSPS) is 32.6. The van der Waals surface area contributed by atoms with E-state index in [1.807, 2.05) is 0 Å². The third-order valence-electron chi connectivity index (χ3n) is 6.24. The molecule has 0 spiro atoms. The maximum atomic E-state index is 12.3. The van der Waals surface area contributed by atoms with Crippen molar-refractivity contribution in [3.05, 3.63) is 33.3 Å². The topological polar surface area (TPSA) is 88.8 Å². The van der Waals surface area contributed by atoms with Crippen LogP contribution in [0.4, 0.5) is 11.4 Å². The van der Waals surface area contributed by atoms with Crippen molar-refractivity contribution in [1.82, 2.24) is 0 Å². The number of hydrogen-bond donors (Lipinski definition) is 2. The predicted molar refractivity (Wildman–Crippen MR) is 94.4 cm³/mol. The van der Waals surface area contributed by atoms with Crippen molar-refractivity contribution in [2.24, 2.45) is 17.8 Å². The zero-order valence-corrected chi connectivity index (χ0v) is 14.8. The zero-order chi connectivity index (χ0) is 17.6. The Morgan fingerprint density at radius 2 is 1.84 bits per heavy atom. The average molecular weight is 365 g/mol. The molecule has 134 valence electrons. The minimum atomic E-state index is -0.502. The Balaban J connectivity index is 1.36. The first-order valence-corrected chi connectivity index (χ1v) is 9.38. The van der Waals surface area contributed by atoms with Gasteiger partial charge in [-0.1, -0.05) is 11.6 Å². The summed E-state index contributed by atoms with van der Waals surface area (Å²) in [5.74, 6) is 2.46. The number of quaternary nitrogens is 1. The van der Waals surface area contributed by atoms with E-state index in [-0.39, 0.29) is 22.2 Å².